The number of aromatic nitrogens is 2. The lowest BCUT2D eigenvalue weighted by molar-refractivity contribution is -0.106. The molecule has 1 heterocycles. The van der Waals surface area contributed by atoms with E-state index in [0.717, 1.165) is 27.7 Å². The first-order valence-electron chi connectivity index (χ1n) is 9.43. The average Bonchev–Trinajstić information content (AvgIpc) is 3.19. The van der Waals surface area contributed by atoms with Gasteiger partial charge in [0, 0.05) is 22.3 Å². The SMILES string of the molecule is CCON=Cc1ccc2[nH]nc(-c3cccc(N(C=O)c4ccc(F)cc4)c3)c2c1. The number of rotatable bonds is 7. The van der Waals surface area contributed by atoms with Gasteiger partial charge in [0.15, 0.2) is 0 Å². The van der Waals surface area contributed by atoms with Crippen LogP contribution in [-0.4, -0.2) is 29.4 Å². The summed E-state index contributed by atoms with van der Waals surface area (Å²) in [5.41, 5.74) is 4.59. The van der Waals surface area contributed by atoms with Crippen LogP contribution in [0.15, 0.2) is 71.9 Å². The minimum absolute atomic E-state index is 0.356. The molecule has 6 nitrogen and oxygen atoms in total. The Morgan fingerprint density at radius 2 is 1.93 bits per heavy atom. The molecule has 0 unspecified atom stereocenters. The van der Waals surface area contributed by atoms with E-state index in [9.17, 15) is 9.18 Å². The number of halogens is 1. The van der Waals surface area contributed by atoms with E-state index in [-0.39, 0.29) is 5.82 Å². The van der Waals surface area contributed by atoms with Crippen LogP contribution in [0, 0.1) is 5.82 Å². The molecule has 0 fully saturated rings. The van der Waals surface area contributed by atoms with Crippen molar-refractivity contribution < 1.29 is 14.0 Å². The van der Waals surface area contributed by atoms with Crippen LogP contribution in [0.4, 0.5) is 15.8 Å². The van der Waals surface area contributed by atoms with Crippen molar-refractivity contribution in [1.29, 1.82) is 0 Å². The maximum atomic E-state index is 13.2. The number of amides is 1. The Morgan fingerprint density at radius 1 is 1.10 bits per heavy atom. The van der Waals surface area contributed by atoms with E-state index in [1.165, 1.54) is 17.0 Å². The maximum absolute atomic E-state index is 13.2. The summed E-state index contributed by atoms with van der Waals surface area (Å²) >= 11 is 0. The largest absolute Gasteiger partial charge is 0.396 e. The van der Waals surface area contributed by atoms with Crippen molar-refractivity contribution in [3.05, 3.63) is 78.1 Å². The standard InChI is InChI=1S/C23H19FN4O2/c1-2-30-25-14-16-6-11-22-21(12-16)23(27-26-22)17-4-3-5-20(13-17)28(15-29)19-9-7-18(24)8-10-19/h3-15H,2H2,1H3,(H,26,27). The highest BCUT2D eigenvalue weighted by Gasteiger charge is 2.13. The van der Waals surface area contributed by atoms with Crippen molar-refractivity contribution in [2.75, 3.05) is 11.5 Å². The van der Waals surface area contributed by atoms with E-state index in [2.05, 4.69) is 15.4 Å². The van der Waals surface area contributed by atoms with Gasteiger partial charge in [0.2, 0.25) is 6.41 Å². The van der Waals surface area contributed by atoms with Gasteiger partial charge in [-0.1, -0.05) is 23.4 Å². The van der Waals surface area contributed by atoms with Crippen LogP contribution in [0.5, 0.6) is 0 Å². The van der Waals surface area contributed by atoms with Crippen molar-refractivity contribution in [2.45, 2.75) is 6.92 Å². The second-order valence-corrected chi connectivity index (χ2v) is 6.53. The number of H-pyrrole nitrogens is 1. The van der Waals surface area contributed by atoms with E-state index < -0.39 is 0 Å². The zero-order chi connectivity index (χ0) is 20.9. The lowest BCUT2D eigenvalue weighted by Crippen LogP contribution is -2.13. The third-order valence-corrected chi connectivity index (χ3v) is 4.60. The fraction of sp³-hybridized carbons (Fsp3) is 0.0870. The summed E-state index contributed by atoms with van der Waals surface area (Å²) in [6.45, 7) is 2.38. The Labute approximate surface area is 172 Å². The molecule has 1 N–H and O–H groups in total. The second-order valence-electron chi connectivity index (χ2n) is 6.53. The lowest BCUT2D eigenvalue weighted by Gasteiger charge is -2.18. The van der Waals surface area contributed by atoms with E-state index in [4.69, 9.17) is 4.84 Å². The van der Waals surface area contributed by atoms with Gasteiger partial charge in [0.05, 0.1) is 17.4 Å². The molecule has 1 amide bonds. The van der Waals surface area contributed by atoms with E-state index in [0.29, 0.717) is 24.4 Å². The molecule has 0 bridgehead atoms. The number of hydrogen-bond donors (Lipinski definition) is 1. The van der Waals surface area contributed by atoms with Gasteiger partial charge in [0.1, 0.15) is 12.4 Å². The molecule has 0 radical (unpaired) electrons. The molecule has 0 aliphatic heterocycles. The number of nitrogens with zero attached hydrogens (tertiary/aromatic N) is 3. The Hall–Kier alpha value is -4.00. The first kappa shape index (κ1) is 19.3. The summed E-state index contributed by atoms with van der Waals surface area (Å²) in [5.74, 6) is -0.356. The molecular weight excluding hydrogens is 383 g/mol. The molecule has 0 atom stereocenters. The molecule has 3 aromatic carbocycles. The number of aromatic amines is 1. The van der Waals surface area contributed by atoms with Gasteiger partial charge in [0.25, 0.3) is 0 Å². The predicted octanol–water partition coefficient (Wildman–Crippen LogP) is 5.03. The van der Waals surface area contributed by atoms with E-state index in [1.807, 2.05) is 49.4 Å². The van der Waals surface area contributed by atoms with Crippen molar-refractivity contribution in [1.82, 2.24) is 10.2 Å². The minimum Gasteiger partial charge on any atom is -0.396 e. The van der Waals surface area contributed by atoms with Gasteiger partial charge in [-0.25, -0.2) is 4.39 Å². The first-order valence-corrected chi connectivity index (χ1v) is 9.43. The summed E-state index contributed by atoms with van der Waals surface area (Å²) < 4.78 is 13.2. The predicted molar refractivity (Wildman–Crippen MR) is 115 cm³/mol. The molecule has 7 heteroatoms. The molecule has 0 saturated carbocycles. The third-order valence-electron chi connectivity index (χ3n) is 4.60. The summed E-state index contributed by atoms with van der Waals surface area (Å²) in [6.07, 6.45) is 2.36. The van der Waals surface area contributed by atoms with Crippen LogP contribution in [0.2, 0.25) is 0 Å². The van der Waals surface area contributed by atoms with Crippen LogP contribution in [0.3, 0.4) is 0 Å². The fourth-order valence-corrected chi connectivity index (χ4v) is 3.18. The number of anilines is 2. The summed E-state index contributed by atoms with van der Waals surface area (Å²) in [4.78, 5) is 18.2. The van der Waals surface area contributed by atoms with Crippen molar-refractivity contribution >= 4 is 34.9 Å². The van der Waals surface area contributed by atoms with E-state index >= 15 is 0 Å². The molecule has 0 aliphatic carbocycles. The van der Waals surface area contributed by atoms with Crippen LogP contribution in [0.1, 0.15) is 12.5 Å². The molecule has 1 aromatic heterocycles. The molecular formula is C23H19FN4O2. The monoisotopic (exact) mass is 402 g/mol. The van der Waals surface area contributed by atoms with Crippen LogP contribution in [0.25, 0.3) is 22.2 Å². The smallest absolute Gasteiger partial charge is 0.218 e. The van der Waals surface area contributed by atoms with Crippen molar-refractivity contribution in [3.63, 3.8) is 0 Å². The summed E-state index contributed by atoms with van der Waals surface area (Å²) in [6, 6.07) is 19.1. The second kappa shape index (κ2) is 8.57. The van der Waals surface area contributed by atoms with Gasteiger partial charge >= 0.3 is 0 Å². The van der Waals surface area contributed by atoms with Crippen molar-refractivity contribution in [3.8, 4) is 11.3 Å². The number of carbonyl (C=O) groups excluding carboxylic acids is 1. The molecule has 0 aliphatic rings. The quantitative estimate of drug-likeness (QED) is 0.268. The number of carbonyl (C=O) groups is 1. The highest BCUT2D eigenvalue weighted by atomic mass is 19.1. The topological polar surface area (TPSA) is 70.6 Å². The normalized spacial score (nSPS) is 11.1. The number of hydrogen-bond acceptors (Lipinski definition) is 4. The lowest BCUT2D eigenvalue weighted by atomic mass is 10.0. The van der Waals surface area contributed by atoms with Gasteiger partial charge < -0.3 is 4.84 Å². The van der Waals surface area contributed by atoms with Crippen molar-refractivity contribution in [2.24, 2.45) is 5.16 Å². The van der Waals surface area contributed by atoms with Crippen LogP contribution in [-0.2, 0) is 9.63 Å². The maximum Gasteiger partial charge on any atom is 0.218 e. The number of benzene rings is 3. The molecule has 4 rings (SSSR count). The van der Waals surface area contributed by atoms with Crippen LogP contribution >= 0.6 is 0 Å². The number of nitrogens with one attached hydrogen (secondary N) is 1. The third kappa shape index (κ3) is 3.91. The molecule has 30 heavy (non-hydrogen) atoms. The molecule has 4 aromatic rings. The molecule has 0 saturated heterocycles. The Kier molecular flexibility index (Phi) is 5.52. The number of oxime groups is 1. The van der Waals surface area contributed by atoms with Gasteiger partial charge in [-0.05, 0) is 61.0 Å². The Bertz CT molecular complexity index is 1200. The summed E-state index contributed by atoms with van der Waals surface area (Å²) in [5, 5.41) is 12.3. The first-order chi connectivity index (χ1) is 14.7. The minimum atomic E-state index is -0.356. The Morgan fingerprint density at radius 3 is 2.70 bits per heavy atom. The van der Waals surface area contributed by atoms with Gasteiger partial charge in [-0.2, -0.15) is 5.10 Å². The average molecular weight is 402 g/mol. The zero-order valence-electron chi connectivity index (χ0n) is 16.2. The molecule has 0 spiro atoms. The highest BCUT2D eigenvalue weighted by molar-refractivity contribution is 5.97. The van der Waals surface area contributed by atoms with Gasteiger partial charge in [-0.15, -0.1) is 0 Å². The van der Waals surface area contributed by atoms with E-state index in [1.54, 1.807) is 18.3 Å². The fourth-order valence-electron chi connectivity index (χ4n) is 3.18. The highest BCUT2D eigenvalue weighted by Crippen LogP contribution is 2.31. The number of fused-ring (bicyclic) bond motifs is 1. The van der Waals surface area contributed by atoms with Crippen LogP contribution < -0.4 is 4.90 Å². The summed E-state index contributed by atoms with van der Waals surface area (Å²) in [7, 11) is 0. The molecule has 150 valence electrons. The zero-order valence-corrected chi connectivity index (χ0v) is 16.2. The Balaban J connectivity index is 1.72. The van der Waals surface area contributed by atoms with Gasteiger partial charge in [-0.3, -0.25) is 14.8 Å².